The molecule has 0 atom stereocenters. The second-order valence-corrected chi connectivity index (χ2v) is 34.5. The molecule has 24 nitrogen and oxygen atoms in total. The lowest BCUT2D eigenvalue weighted by Gasteiger charge is -2.38. The number of carboxylic acids is 3. The van der Waals surface area contributed by atoms with Crippen LogP contribution in [0.3, 0.4) is 0 Å². The summed E-state index contributed by atoms with van der Waals surface area (Å²) in [6.07, 6.45) is -14.7. The van der Waals surface area contributed by atoms with Crippen LogP contribution >= 0.6 is 47.0 Å². The Bertz CT molecular complexity index is 5810. The fraction of sp³-hybridized carbons (Fsp3) is 0.326. The van der Waals surface area contributed by atoms with E-state index < -0.39 is 87.6 Å². The maximum Gasteiger partial charge on any atom is 0.416 e. The Labute approximate surface area is 748 Å². The van der Waals surface area contributed by atoms with Gasteiger partial charge in [-0.2, -0.15) is 113 Å². The first-order valence-corrected chi connectivity index (χ1v) is 43.5. The van der Waals surface area contributed by atoms with E-state index >= 15 is 0 Å². The van der Waals surface area contributed by atoms with E-state index in [1.807, 2.05) is 76.2 Å². The SMILES string of the molecule is CCOC(=O)COc1ccc(SCc2nn(-c3ccc(C(F)(F)F)cc3)nc2C)cc1C.Cc1cc(SCc2nn(-c3ccc(C(F)(F)F)cc3)nc2C)ccc1OC(C)(C)C(=O)O.Cc1cc(SCc2nn(-c3ccc(C(F)(F)F)cc3)nc2C)ccc1OC1(C(=O)O)CC1.Cc1cc(SCc2nn(-c3ccc(C(F)(F)F)cc3)nc2C)ccc1OC1(C(=O)O)CCC1. The number of hydrogen-bond donors (Lipinski definition) is 3. The summed E-state index contributed by atoms with van der Waals surface area (Å²) in [6.45, 7) is 19.5. The van der Waals surface area contributed by atoms with E-state index in [4.69, 9.17) is 23.7 Å². The van der Waals surface area contributed by atoms with Crippen LogP contribution in [0.5, 0.6) is 23.0 Å². The van der Waals surface area contributed by atoms with Gasteiger partial charge in [0.2, 0.25) is 11.2 Å². The molecule has 3 N–H and O–H groups in total. The second-order valence-electron chi connectivity index (χ2n) is 30.3. The molecule has 2 aliphatic carbocycles. The minimum Gasteiger partial charge on any atom is -0.482 e. The molecule has 2 saturated carbocycles. The molecule has 0 unspecified atom stereocenters. The first kappa shape index (κ1) is 97.6. The Balaban J connectivity index is 0.000000166. The molecule has 2 aliphatic rings. The van der Waals surface area contributed by atoms with Crippen molar-refractivity contribution in [2.45, 2.75) is 192 Å². The third kappa shape index (κ3) is 25.7. The van der Waals surface area contributed by atoms with Gasteiger partial charge in [0, 0.05) is 55.4 Å². The highest BCUT2D eigenvalue weighted by molar-refractivity contribution is 7.99. The molecule has 0 saturated heterocycles. The van der Waals surface area contributed by atoms with Gasteiger partial charge in [-0.15, -0.1) is 47.0 Å². The fourth-order valence-corrected chi connectivity index (χ4v) is 16.1. The van der Waals surface area contributed by atoms with Gasteiger partial charge < -0.3 is 39.0 Å². The highest BCUT2D eigenvalue weighted by atomic mass is 32.2. The summed E-state index contributed by atoms with van der Waals surface area (Å²) >= 11 is 6.12. The number of esters is 1. The number of nitrogens with zero attached hydrogens (tertiary/aromatic N) is 12. The van der Waals surface area contributed by atoms with Crippen LogP contribution in [-0.2, 0) is 71.6 Å². The smallest absolute Gasteiger partial charge is 0.416 e. The molecule has 0 aliphatic heterocycles. The Kier molecular flexibility index (Phi) is 30.8. The maximum atomic E-state index is 12.8. The average molecular weight is 1870 g/mol. The van der Waals surface area contributed by atoms with Crippen LogP contribution in [0, 0.1) is 55.4 Å². The highest BCUT2D eigenvalue weighted by Crippen LogP contribution is 2.44. The lowest BCUT2D eigenvalue weighted by molar-refractivity contribution is -0.163. The van der Waals surface area contributed by atoms with Gasteiger partial charge in [0.15, 0.2) is 12.2 Å². The van der Waals surface area contributed by atoms with Gasteiger partial charge in [0.25, 0.3) is 0 Å². The van der Waals surface area contributed by atoms with E-state index in [0.717, 1.165) is 114 Å². The summed E-state index contributed by atoms with van der Waals surface area (Å²) in [4.78, 5) is 54.7. The van der Waals surface area contributed by atoms with Gasteiger partial charge >= 0.3 is 48.6 Å². The summed E-state index contributed by atoms with van der Waals surface area (Å²) in [7, 11) is 0. The van der Waals surface area contributed by atoms with Crippen LogP contribution in [-0.4, -0.2) is 129 Å². The number of thioether (sulfide) groups is 4. The molecular weight excluding hydrogens is 1790 g/mol. The van der Waals surface area contributed by atoms with Crippen molar-refractivity contribution >= 4 is 70.9 Å². The molecule has 40 heteroatoms. The predicted molar refractivity (Wildman–Crippen MR) is 457 cm³/mol. The largest absolute Gasteiger partial charge is 0.482 e. The van der Waals surface area contributed by atoms with E-state index in [1.54, 1.807) is 70.6 Å². The van der Waals surface area contributed by atoms with E-state index in [0.29, 0.717) is 130 Å². The van der Waals surface area contributed by atoms with Crippen molar-refractivity contribution in [3.05, 3.63) is 260 Å². The van der Waals surface area contributed by atoms with Crippen molar-refractivity contribution in [3.8, 4) is 45.7 Å². The van der Waals surface area contributed by atoms with Crippen molar-refractivity contribution in [3.63, 3.8) is 0 Å². The van der Waals surface area contributed by atoms with Gasteiger partial charge in [-0.25, -0.2) is 19.2 Å². The molecule has 682 valence electrons. The third-order valence-electron chi connectivity index (χ3n) is 20.1. The minimum atomic E-state index is -4.39. The van der Waals surface area contributed by atoms with Gasteiger partial charge in [-0.1, -0.05) is 0 Å². The Morgan fingerprint density at radius 3 is 0.860 bits per heavy atom. The molecule has 0 spiro atoms. The monoisotopic (exact) mass is 1870 g/mol. The molecule has 4 heterocycles. The minimum absolute atomic E-state index is 0.145. The first-order valence-electron chi connectivity index (χ1n) is 39.6. The van der Waals surface area contributed by atoms with E-state index in [-0.39, 0.29) is 6.61 Å². The zero-order chi connectivity index (χ0) is 93.9. The third-order valence-corrected chi connectivity index (χ3v) is 24.1. The van der Waals surface area contributed by atoms with Crippen LogP contribution in [0.4, 0.5) is 52.7 Å². The lowest BCUT2D eigenvalue weighted by Crippen LogP contribution is -2.50. The number of benzene rings is 8. The number of aliphatic carboxylic acids is 3. The van der Waals surface area contributed by atoms with Gasteiger partial charge in [-0.05, 0) is 288 Å². The summed E-state index contributed by atoms with van der Waals surface area (Å²) in [5.74, 6) is 0.944. The normalized spacial score (nSPS) is 13.4. The summed E-state index contributed by atoms with van der Waals surface area (Å²) < 4.78 is 181. The van der Waals surface area contributed by atoms with E-state index in [1.165, 1.54) is 117 Å². The van der Waals surface area contributed by atoms with Crippen molar-refractivity contribution in [2.24, 2.45) is 0 Å². The molecule has 12 aromatic rings. The number of carboxylic acid groups (broad SMARTS) is 3. The standard InChI is InChI=1S/C23H22F3N3O3S.C22H20F3N3O3S.2C22H22F3N3O3S/c1-14-12-18(8-9-20(14)32-22(21(30)31)10-3-11-22)33-13-19-15(2)27-29(28-19)17-6-4-16(5-7-17)23(24,25)26;1-13-11-17(7-8-19(13)31-21(9-10-21)20(29)30)32-12-18-14(2)26-28(27-18)16-5-3-15(4-6-16)22(23,24)25;1-13-11-17(9-10-19(13)31-21(3,4)20(29)30)32-12-18-14(2)26-28(27-18)16-7-5-15(6-8-16)22(23,24)25;1-4-30-21(29)12-31-20-10-9-18(11-14(20)2)32-13-19-15(3)26-28(27-19)17-7-5-16(6-8-17)22(23,24)25/h4-9,12H,3,10-11,13H2,1-2H3,(H,30,31);3-8,11H,9-10,12H2,1-2H3,(H,29,30);5-11H,12H2,1-4H3,(H,29,30);5-11H,4,12-13H2,1-3H3. The molecule has 129 heavy (non-hydrogen) atoms. The number of rotatable bonds is 29. The number of aryl methyl sites for hydroxylation is 8. The van der Waals surface area contributed by atoms with Crippen LogP contribution in [0.2, 0.25) is 0 Å². The number of carbonyl (C=O) groups excluding carboxylic acids is 1. The van der Waals surface area contributed by atoms with Gasteiger partial charge in [-0.3, -0.25) is 0 Å². The number of halogens is 12. The molecule has 8 aromatic carbocycles. The number of alkyl halides is 12. The number of hydrogen-bond acceptors (Lipinski definition) is 21. The average Bonchev–Trinajstić information content (AvgIpc) is 1.65. The quantitative estimate of drug-likeness (QED) is 0.0223. The first-order chi connectivity index (χ1) is 60.7. The summed E-state index contributed by atoms with van der Waals surface area (Å²) in [5, 5.41) is 62.9. The van der Waals surface area contributed by atoms with Crippen molar-refractivity contribution in [2.75, 3.05) is 13.2 Å². The molecule has 4 aromatic heterocycles. The van der Waals surface area contributed by atoms with Crippen molar-refractivity contribution in [1.29, 1.82) is 0 Å². The molecule has 0 amide bonds. The molecule has 2 fully saturated rings. The van der Waals surface area contributed by atoms with Crippen LogP contribution in [0.25, 0.3) is 22.7 Å². The Hall–Kier alpha value is -12.0. The fourth-order valence-electron chi connectivity index (χ4n) is 12.1. The van der Waals surface area contributed by atoms with Crippen molar-refractivity contribution < 1.29 is 111 Å². The van der Waals surface area contributed by atoms with Gasteiger partial charge in [0.1, 0.15) is 23.0 Å². The number of carbonyl (C=O) groups is 4. The number of aromatic nitrogens is 12. The number of ether oxygens (including phenoxy) is 5. The lowest BCUT2D eigenvalue weighted by atomic mass is 9.80. The topological polar surface area (TPSA) is 298 Å². The van der Waals surface area contributed by atoms with Crippen LogP contribution in [0.1, 0.15) is 143 Å². The van der Waals surface area contributed by atoms with E-state index in [9.17, 15) is 87.2 Å². The maximum absolute atomic E-state index is 12.8. The predicted octanol–water partition coefficient (Wildman–Crippen LogP) is 21.3. The van der Waals surface area contributed by atoms with Gasteiger partial charge in [0.05, 0.1) is 97.2 Å². The summed E-state index contributed by atoms with van der Waals surface area (Å²) in [5.41, 5.74) is 4.35. The second kappa shape index (κ2) is 40.7. The Morgan fingerprint density at radius 2 is 0.636 bits per heavy atom. The van der Waals surface area contributed by atoms with Crippen LogP contribution < -0.4 is 18.9 Å². The zero-order valence-corrected chi connectivity index (χ0v) is 74.3. The van der Waals surface area contributed by atoms with E-state index in [2.05, 4.69) is 40.8 Å². The van der Waals surface area contributed by atoms with Crippen LogP contribution in [0.15, 0.2) is 189 Å². The summed E-state index contributed by atoms with van der Waals surface area (Å²) in [6, 6.07) is 41.0. The Morgan fingerprint density at radius 1 is 0.372 bits per heavy atom. The zero-order valence-electron chi connectivity index (χ0n) is 71.0. The molecule has 14 rings (SSSR count). The molecular formula is C89H86F12N12O12S4. The van der Waals surface area contributed by atoms with Crippen molar-refractivity contribution in [1.82, 2.24) is 60.0 Å². The highest BCUT2D eigenvalue weighted by Gasteiger charge is 2.54. The molecule has 0 radical (unpaired) electrons. The molecule has 0 bridgehead atoms.